The summed E-state index contributed by atoms with van der Waals surface area (Å²) in [6.07, 6.45) is 1.83. The van der Waals surface area contributed by atoms with Gasteiger partial charge in [0, 0.05) is 6.42 Å². The Bertz CT molecular complexity index is 474. The molecule has 1 N–H and O–H groups in total. The normalized spacial score (nSPS) is 10.3. The SMILES string of the molecule is CCc1ccccc1Cc1ccccc1O. The largest absolute Gasteiger partial charge is 0.508 e. The highest BCUT2D eigenvalue weighted by atomic mass is 16.3. The van der Waals surface area contributed by atoms with E-state index in [0.29, 0.717) is 5.75 Å². The van der Waals surface area contributed by atoms with Gasteiger partial charge in [-0.3, -0.25) is 0 Å². The second kappa shape index (κ2) is 4.84. The van der Waals surface area contributed by atoms with Crippen LogP contribution in [0.2, 0.25) is 0 Å². The van der Waals surface area contributed by atoms with Crippen molar-refractivity contribution in [2.45, 2.75) is 19.8 Å². The van der Waals surface area contributed by atoms with Crippen molar-refractivity contribution in [1.82, 2.24) is 0 Å². The van der Waals surface area contributed by atoms with Gasteiger partial charge in [0.05, 0.1) is 0 Å². The molecule has 0 bridgehead atoms. The molecule has 82 valence electrons. The number of benzene rings is 2. The van der Waals surface area contributed by atoms with E-state index in [0.717, 1.165) is 18.4 Å². The van der Waals surface area contributed by atoms with Gasteiger partial charge in [0.1, 0.15) is 5.75 Å². The van der Waals surface area contributed by atoms with E-state index in [-0.39, 0.29) is 0 Å². The van der Waals surface area contributed by atoms with Gasteiger partial charge in [-0.15, -0.1) is 0 Å². The summed E-state index contributed by atoms with van der Waals surface area (Å²) in [5, 5.41) is 9.74. The molecular weight excluding hydrogens is 196 g/mol. The maximum Gasteiger partial charge on any atom is 0.119 e. The Morgan fingerprint density at radius 2 is 1.38 bits per heavy atom. The molecule has 0 aromatic heterocycles. The molecule has 2 rings (SSSR count). The van der Waals surface area contributed by atoms with E-state index in [1.54, 1.807) is 6.07 Å². The standard InChI is InChI=1S/C15H16O/c1-2-12-7-3-4-8-13(12)11-14-9-5-6-10-15(14)16/h3-10,16H,2,11H2,1H3. The lowest BCUT2D eigenvalue weighted by Gasteiger charge is -2.08. The predicted molar refractivity (Wildman–Crippen MR) is 66.7 cm³/mol. The third kappa shape index (κ3) is 2.25. The third-order valence-corrected chi connectivity index (χ3v) is 2.87. The van der Waals surface area contributed by atoms with Crippen LogP contribution < -0.4 is 0 Å². The molecule has 0 aliphatic carbocycles. The first-order valence-electron chi connectivity index (χ1n) is 5.65. The number of aryl methyl sites for hydroxylation is 1. The Labute approximate surface area is 96.4 Å². The lowest BCUT2D eigenvalue weighted by Crippen LogP contribution is -1.94. The van der Waals surface area contributed by atoms with Gasteiger partial charge in [-0.25, -0.2) is 0 Å². The molecule has 1 nitrogen and oxygen atoms in total. The Morgan fingerprint density at radius 1 is 0.812 bits per heavy atom. The summed E-state index contributed by atoms with van der Waals surface area (Å²) in [4.78, 5) is 0. The predicted octanol–water partition coefficient (Wildman–Crippen LogP) is 3.55. The second-order valence-corrected chi connectivity index (χ2v) is 3.93. The summed E-state index contributed by atoms with van der Waals surface area (Å²) in [6, 6.07) is 15.9. The lowest BCUT2D eigenvalue weighted by atomic mass is 9.98. The van der Waals surface area contributed by atoms with E-state index in [2.05, 4.69) is 31.2 Å². The number of rotatable bonds is 3. The van der Waals surface area contributed by atoms with Crippen LogP contribution in [0.5, 0.6) is 5.75 Å². The van der Waals surface area contributed by atoms with Crippen molar-refractivity contribution >= 4 is 0 Å². The lowest BCUT2D eigenvalue weighted by molar-refractivity contribution is 0.469. The maximum absolute atomic E-state index is 9.74. The number of aromatic hydroxyl groups is 1. The van der Waals surface area contributed by atoms with Gasteiger partial charge in [-0.2, -0.15) is 0 Å². The summed E-state index contributed by atoms with van der Waals surface area (Å²) in [5.41, 5.74) is 3.64. The quantitative estimate of drug-likeness (QED) is 0.825. The van der Waals surface area contributed by atoms with E-state index in [4.69, 9.17) is 0 Å². The van der Waals surface area contributed by atoms with Gasteiger partial charge in [-0.1, -0.05) is 49.4 Å². The van der Waals surface area contributed by atoms with Crippen LogP contribution in [-0.2, 0) is 12.8 Å². The number of phenolic OH excluding ortho intramolecular Hbond substituents is 1. The van der Waals surface area contributed by atoms with Crippen LogP contribution in [0.3, 0.4) is 0 Å². The Morgan fingerprint density at radius 3 is 2.00 bits per heavy atom. The van der Waals surface area contributed by atoms with Crippen LogP contribution in [0.25, 0.3) is 0 Å². The van der Waals surface area contributed by atoms with E-state index in [1.807, 2.05) is 18.2 Å². The van der Waals surface area contributed by atoms with Gasteiger partial charge in [-0.05, 0) is 29.2 Å². The molecule has 0 unspecified atom stereocenters. The molecule has 0 saturated heterocycles. The van der Waals surface area contributed by atoms with Crippen molar-refractivity contribution in [2.75, 3.05) is 0 Å². The van der Waals surface area contributed by atoms with Crippen molar-refractivity contribution in [3.05, 3.63) is 65.2 Å². The fourth-order valence-corrected chi connectivity index (χ4v) is 1.94. The molecule has 0 saturated carbocycles. The number of hydrogen-bond acceptors (Lipinski definition) is 1. The average Bonchev–Trinajstić information content (AvgIpc) is 2.33. The molecule has 0 aliphatic rings. The zero-order valence-corrected chi connectivity index (χ0v) is 9.48. The maximum atomic E-state index is 9.74. The highest BCUT2D eigenvalue weighted by Gasteiger charge is 2.04. The summed E-state index contributed by atoms with van der Waals surface area (Å²) in [7, 11) is 0. The molecule has 0 radical (unpaired) electrons. The molecule has 0 amide bonds. The zero-order valence-electron chi connectivity index (χ0n) is 9.48. The van der Waals surface area contributed by atoms with E-state index < -0.39 is 0 Å². The number of phenols is 1. The van der Waals surface area contributed by atoms with E-state index >= 15 is 0 Å². The van der Waals surface area contributed by atoms with Crippen LogP contribution >= 0.6 is 0 Å². The van der Waals surface area contributed by atoms with E-state index in [1.165, 1.54) is 11.1 Å². The van der Waals surface area contributed by atoms with Crippen LogP contribution in [-0.4, -0.2) is 5.11 Å². The summed E-state index contributed by atoms with van der Waals surface area (Å²) < 4.78 is 0. The van der Waals surface area contributed by atoms with Gasteiger partial charge in [0.15, 0.2) is 0 Å². The van der Waals surface area contributed by atoms with Gasteiger partial charge >= 0.3 is 0 Å². The fraction of sp³-hybridized carbons (Fsp3) is 0.200. The average molecular weight is 212 g/mol. The minimum atomic E-state index is 0.383. The van der Waals surface area contributed by atoms with Gasteiger partial charge in [0.25, 0.3) is 0 Å². The Kier molecular flexibility index (Phi) is 3.25. The number of hydrogen-bond donors (Lipinski definition) is 1. The highest BCUT2D eigenvalue weighted by molar-refractivity contribution is 5.39. The molecular formula is C15H16O. The minimum Gasteiger partial charge on any atom is -0.508 e. The first-order valence-corrected chi connectivity index (χ1v) is 5.65. The molecule has 0 heterocycles. The van der Waals surface area contributed by atoms with Gasteiger partial charge < -0.3 is 5.11 Å². The first kappa shape index (κ1) is 10.7. The van der Waals surface area contributed by atoms with Crippen molar-refractivity contribution in [1.29, 1.82) is 0 Å². The van der Waals surface area contributed by atoms with E-state index in [9.17, 15) is 5.11 Å². The summed E-state index contributed by atoms with van der Waals surface area (Å²) in [6.45, 7) is 2.16. The van der Waals surface area contributed by atoms with Crippen LogP contribution in [0.4, 0.5) is 0 Å². The fourth-order valence-electron chi connectivity index (χ4n) is 1.94. The van der Waals surface area contributed by atoms with Crippen molar-refractivity contribution in [3.63, 3.8) is 0 Å². The summed E-state index contributed by atoms with van der Waals surface area (Å²) in [5.74, 6) is 0.383. The molecule has 2 aromatic rings. The van der Waals surface area contributed by atoms with Crippen LogP contribution in [0, 0.1) is 0 Å². The second-order valence-electron chi connectivity index (χ2n) is 3.93. The smallest absolute Gasteiger partial charge is 0.119 e. The van der Waals surface area contributed by atoms with Crippen LogP contribution in [0.1, 0.15) is 23.6 Å². The Hall–Kier alpha value is -1.76. The van der Waals surface area contributed by atoms with Crippen LogP contribution in [0.15, 0.2) is 48.5 Å². The summed E-state index contributed by atoms with van der Waals surface area (Å²) >= 11 is 0. The van der Waals surface area contributed by atoms with Gasteiger partial charge in [0.2, 0.25) is 0 Å². The molecule has 2 aromatic carbocycles. The topological polar surface area (TPSA) is 20.2 Å². The minimum absolute atomic E-state index is 0.383. The molecule has 0 spiro atoms. The molecule has 16 heavy (non-hydrogen) atoms. The molecule has 0 aliphatic heterocycles. The zero-order chi connectivity index (χ0) is 11.4. The molecule has 0 atom stereocenters. The molecule has 0 fully saturated rings. The van der Waals surface area contributed by atoms with Crippen molar-refractivity contribution in [3.8, 4) is 5.75 Å². The molecule has 1 heteroatoms. The highest BCUT2D eigenvalue weighted by Crippen LogP contribution is 2.21. The first-order chi connectivity index (χ1) is 7.81. The number of para-hydroxylation sites is 1. The van der Waals surface area contributed by atoms with Crippen molar-refractivity contribution < 1.29 is 5.11 Å². The third-order valence-electron chi connectivity index (χ3n) is 2.87. The monoisotopic (exact) mass is 212 g/mol. The Balaban J connectivity index is 2.30. The van der Waals surface area contributed by atoms with Crippen molar-refractivity contribution in [2.24, 2.45) is 0 Å².